The predicted octanol–water partition coefficient (Wildman–Crippen LogP) is 3.84. The van der Waals surface area contributed by atoms with Gasteiger partial charge in [-0.1, -0.05) is 41.9 Å². The zero-order chi connectivity index (χ0) is 17.8. The molecule has 0 spiro atoms. The molecule has 0 bridgehead atoms. The topological polar surface area (TPSA) is 57.6 Å². The highest BCUT2D eigenvalue weighted by atomic mass is 79.9. The van der Waals surface area contributed by atoms with Gasteiger partial charge in [-0.05, 0) is 17.7 Å². The second-order valence-electron chi connectivity index (χ2n) is 5.83. The molecular weight excluding hydrogens is 379 g/mol. The van der Waals surface area contributed by atoms with Crippen LogP contribution in [0.15, 0.2) is 28.7 Å². The van der Waals surface area contributed by atoms with Gasteiger partial charge in [-0.2, -0.15) is 13.2 Å². The van der Waals surface area contributed by atoms with E-state index in [2.05, 4.69) is 15.9 Å². The molecule has 0 saturated heterocycles. The summed E-state index contributed by atoms with van der Waals surface area (Å²) in [6, 6.07) is 6.79. The lowest BCUT2D eigenvalue weighted by Gasteiger charge is -2.30. The molecule has 0 fully saturated rings. The average Bonchev–Trinajstić information content (AvgIpc) is 2.35. The minimum atomic E-state index is -4.55. The van der Waals surface area contributed by atoms with Gasteiger partial charge in [0.05, 0.1) is 5.41 Å². The number of carbonyl (C=O) groups excluding carboxylic acids is 1. The Labute approximate surface area is 140 Å². The molecule has 4 nitrogen and oxygen atoms in total. The van der Waals surface area contributed by atoms with Crippen LogP contribution in [0.3, 0.4) is 0 Å². The number of rotatable bonds is 6. The minimum absolute atomic E-state index is 0.0709. The molecule has 1 amide bonds. The molecule has 1 aromatic carbocycles. The van der Waals surface area contributed by atoms with Crippen molar-refractivity contribution >= 4 is 27.8 Å². The molecule has 0 unspecified atom stereocenters. The van der Waals surface area contributed by atoms with Crippen LogP contribution in [0.2, 0.25) is 0 Å². The summed E-state index contributed by atoms with van der Waals surface area (Å²) in [5, 5.41) is 8.90. The quantitative estimate of drug-likeness (QED) is 0.795. The molecule has 0 aliphatic rings. The van der Waals surface area contributed by atoms with Crippen molar-refractivity contribution in [3.63, 3.8) is 0 Å². The van der Waals surface area contributed by atoms with Crippen molar-refractivity contribution in [1.29, 1.82) is 0 Å². The van der Waals surface area contributed by atoms with Crippen LogP contribution in [-0.4, -0.2) is 34.6 Å². The summed E-state index contributed by atoms with van der Waals surface area (Å²) < 4.78 is 39.4. The number of benzene rings is 1. The van der Waals surface area contributed by atoms with Crippen molar-refractivity contribution in [2.45, 2.75) is 33.0 Å². The van der Waals surface area contributed by atoms with E-state index in [1.807, 2.05) is 0 Å². The lowest BCUT2D eigenvalue weighted by Crippen LogP contribution is -2.41. The van der Waals surface area contributed by atoms with Crippen LogP contribution in [0.1, 0.15) is 25.8 Å². The molecule has 0 aromatic heterocycles. The molecule has 8 heteroatoms. The van der Waals surface area contributed by atoms with Crippen LogP contribution in [0.25, 0.3) is 0 Å². The van der Waals surface area contributed by atoms with Gasteiger partial charge in [-0.3, -0.25) is 9.59 Å². The number of hydrogen-bond donors (Lipinski definition) is 1. The van der Waals surface area contributed by atoms with E-state index in [4.69, 9.17) is 5.11 Å². The predicted molar refractivity (Wildman–Crippen MR) is 81.6 cm³/mol. The average molecular weight is 396 g/mol. The van der Waals surface area contributed by atoms with Gasteiger partial charge >= 0.3 is 12.1 Å². The van der Waals surface area contributed by atoms with E-state index >= 15 is 0 Å². The summed E-state index contributed by atoms with van der Waals surface area (Å²) in [5.41, 5.74) is -1.60. The molecule has 1 aromatic rings. The Kier molecular flexibility index (Phi) is 6.21. The van der Waals surface area contributed by atoms with Crippen LogP contribution in [-0.2, 0) is 16.1 Å². The number of alkyl halides is 3. The van der Waals surface area contributed by atoms with Crippen LogP contribution >= 0.6 is 15.9 Å². The number of halogens is 4. The molecular formula is C15H17BrF3NO3. The van der Waals surface area contributed by atoms with Gasteiger partial charge in [0.15, 0.2) is 0 Å². The van der Waals surface area contributed by atoms with E-state index in [0.717, 1.165) is 23.2 Å². The zero-order valence-electron chi connectivity index (χ0n) is 12.7. The van der Waals surface area contributed by atoms with Gasteiger partial charge in [-0.15, -0.1) is 0 Å². The van der Waals surface area contributed by atoms with Gasteiger partial charge in [0, 0.05) is 17.4 Å². The van der Waals surface area contributed by atoms with E-state index in [9.17, 15) is 22.8 Å². The van der Waals surface area contributed by atoms with Crippen molar-refractivity contribution in [2.24, 2.45) is 5.41 Å². The van der Waals surface area contributed by atoms with Crippen LogP contribution in [0.5, 0.6) is 0 Å². The Balaban J connectivity index is 2.93. The lowest BCUT2D eigenvalue weighted by atomic mass is 9.88. The summed E-state index contributed by atoms with van der Waals surface area (Å²) >= 11 is 3.25. The standard InChI is InChI=1S/C15H17BrF3NO3/c1-14(2,15(17,18)19)7-12(21)20(9-13(22)23)8-10-4-3-5-11(16)6-10/h3-6H,7-9H2,1-2H3,(H,22,23). The highest BCUT2D eigenvalue weighted by molar-refractivity contribution is 9.10. The number of amides is 1. The largest absolute Gasteiger partial charge is 0.480 e. The maximum Gasteiger partial charge on any atom is 0.394 e. The van der Waals surface area contributed by atoms with Gasteiger partial charge in [0.2, 0.25) is 5.91 Å². The van der Waals surface area contributed by atoms with E-state index in [1.165, 1.54) is 0 Å². The molecule has 1 rings (SSSR count). The van der Waals surface area contributed by atoms with E-state index < -0.39 is 36.4 Å². The minimum Gasteiger partial charge on any atom is -0.480 e. The van der Waals surface area contributed by atoms with Crippen LogP contribution < -0.4 is 0 Å². The number of aliphatic carboxylic acids is 1. The second kappa shape index (κ2) is 7.33. The maximum atomic E-state index is 12.9. The Bertz CT molecular complexity index is 588. The second-order valence-corrected chi connectivity index (χ2v) is 6.75. The zero-order valence-corrected chi connectivity index (χ0v) is 14.2. The third-order valence-electron chi connectivity index (χ3n) is 3.30. The van der Waals surface area contributed by atoms with Crippen LogP contribution in [0, 0.1) is 5.41 Å². The molecule has 0 aliphatic carbocycles. The highest BCUT2D eigenvalue weighted by Crippen LogP contribution is 2.40. The SMILES string of the molecule is CC(C)(CC(=O)N(CC(=O)O)Cc1cccc(Br)c1)C(F)(F)F. The first-order valence-corrected chi connectivity index (χ1v) is 7.52. The molecule has 23 heavy (non-hydrogen) atoms. The van der Waals surface area contributed by atoms with Gasteiger partial charge in [0.1, 0.15) is 6.54 Å². The van der Waals surface area contributed by atoms with Crippen molar-refractivity contribution in [3.8, 4) is 0 Å². The van der Waals surface area contributed by atoms with Crippen LogP contribution in [0.4, 0.5) is 13.2 Å². The Morgan fingerprint density at radius 2 is 1.87 bits per heavy atom. The van der Waals surface area contributed by atoms with Crippen molar-refractivity contribution in [3.05, 3.63) is 34.3 Å². The number of nitrogens with zero attached hydrogens (tertiary/aromatic N) is 1. The third kappa shape index (κ3) is 5.85. The molecule has 0 atom stereocenters. The number of carboxylic acid groups (broad SMARTS) is 1. The fourth-order valence-electron chi connectivity index (χ4n) is 1.84. The lowest BCUT2D eigenvalue weighted by molar-refractivity contribution is -0.215. The summed E-state index contributed by atoms with van der Waals surface area (Å²) in [6.07, 6.45) is -5.36. The third-order valence-corrected chi connectivity index (χ3v) is 3.80. The smallest absolute Gasteiger partial charge is 0.394 e. The van der Waals surface area contributed by atoms with Gasteiger partial charge in [0.25, 0.3) is 0 Å². The number of carboxylic acids is 1. The highest BCUT2D eigenvalue weighted by Gasteiger charge is 2.48. The molecule has 0 heterocycles. The summed E-state index contributed by atoms with van der Waals surface area (Å²) in [7, 11) is 0. The van der Waals surface area contributed by atoms with Crippen molar-refractivity contribution in [2.75, 3.05) is 6.54 Å². The normalized spacial score (nSPS) is 12.1. The molecule has 0 aliphatic heterocycles. The van der Waals surface area contributed by atoms with Crippen molar-refractivity contribution < 1.29 is 27.9 Å². The first-order chi connectivity index (χ1) is 10.4. The summed E-state index contributed by atoms with van der Waals surface area (Å²) in [5.74, 6) is -2.13. The first-order valence-electron chi connectivity index (χ1n) is 6.73. The maximum absolute atomic E-state index is 12.9. The molecule has 0 saturated carbocycles. The fraction of sp³-hybridized carbons (Fsp3) is 0.467. The first kappa shape index (κ1) is 19.5. The Hall–Kier alpha value is -1.57. The summed E-state index contributed by atoms with van der Waals surface area (Å²) in [6.45, 7) is 1.11. The number of carbonyl (C=O) groups is 2. The monoisotopic (exact) mass is 395 g/mol. The fourth-order valence-corrected chi connectivity index (χ4v) is 2.29. The van der Waals surface area contributed by atoms with E-state index in [1.54, 1.807) is 24.3 Å². The van der Waals surface area contributed by atoms with Gasteiger partial charge in [-0.25, -0.2) is 0 Å². The molecule has 0 radical (unpaired) electrons. The Morgan fingerprint density at radius 1 is 1.26 bits per heavy atom. The van der Waals surface area contributed by atoms with Crippen molar-refractivity contribution in [1.82, 2.24) is 4.90 Å². The van der Waals surface area contributed by atoms with E-state index in [-0.39, 0.29) is 6.54 Å². The van der Waals surface area contributed by atoms with Gasteiger partial charge < -0.3 is 10.0 Å². The molecule has 128 valence electrons. The number of hydrogen-bond acceptors (Lipinski definition) is 2. The molecule has 1 N–H and O–H groups in total. The Morgan fingerprint density at radius 3 is 2.35 bits per heavy atom. The van der Waals surface area contributed by atoms with E-state index in [0.29, 0.717) is 5.56 Å². The summed E-state index contributed by atoms with van der Waals surface area (Å²) in [4.78, 5) is 24.0.